The molecule has 1 amide bonds. The van der Waals surface area contributed by atoms with Crippen LogP contribution in [0.4, 0.5) is 0 Å². The minimum atomic E-state index is -0.937. The summed E-state index contributed by atoms with van der Waals surface area (Å²) in [5, 5.41) is 22.0. The number of nitrogens with zero attached hydrogens (tertiary/aromatic N) is 1. The third-order valence-electron chi connectivity index (χ3n) is 3.36. The minimum absolute atomic E-state index is 0.389. The quantitative estimate of drug-likeness (QED) is 0.798. The van der Waals surface area contributed by atoms with Crippen molar-refractivity contribution in [3.05, 3.63) is 42.0 Å². The fourth-order valence-electron chi connectivity index (χ4n) is 2.24. The zero-order valence-electron chi connectivity index (χ0n) is 11.4. The minimum Gasteiger partial charge on any atom is -0.485 e. The van der Waals surface area contributed by atoms with Gasteiger partial charge in [-0.1, -0.05) is 6.58 Å². The molecule has 104 valence electrons. The molecule has 5 nitrogen and oxygen atoms in total. The molecule has 0 aliphatic carbocycles. The molecule has 0 unspecified atom stereocenters. The molecule has 0 saturated heterocycles. The molecule has 1 aromatic carbocycles. The lowest BCUT2D eigenvalue weighted by atomic mass is 9.86. The first kappa shape index (κ1) is 14.1. The van der Waals surface area contributed by atoms with Crippen LogP contribution in [-0.2, 0) is 4.79 Å². The molecule has 20 heavy (non-hydrogen) atoms. The number of ether oxygens (including phenoxy) is 1. The maximum absolute atomic E-state index is 11.6. The van der Waals surface area contributed by atoms with Gasteiger partial charge in [0.2, 0.25) is 5.91 Å². The number of hydrogen-bond acceptors (Lipinski definition) is 4. The van der Waals surface area contributed by atoms with Gasteiger partial charge in [-0.05, 0) is 38.1 Å². The number of hydrogen-bond donors (Lipinski definition) is 2. The Hall–Kier alpha value is -2.32. The van der Waals surface area contributed by atoms with Crippen LogP contribution in [0.1, 0.15) is 31.0 Å². The number of aliphatic hydroxyl groups excluding tert-OH is 1. The Morgan fingerprint density at radius 3 is 2.90 bits per heavy atom. The Labute approximate surface area is 117 Å². The van der Waals surface area contributed by atoms with Crippen molar-refractivity contribution in [2.75, 3.05) is 0 Å². The summed E-state index contributed by atoms with van der Waals surface area (Å²) in [7, 11) is 0. The van der Waals surface area contributed by atoms with Gasteiger partial charge in [0.15, 0.2) is 0 Å². The van der Waals surface area contributed by atoms with Crippen LogP contribution in [0, 0.1) is 11.3 Å². The van der Waals surface area contributed by atoms with E-state index in [0.717, 1.165) is 6.08 Å². The molecule has 2 atom stereocenters. The smallest absolute Gasteiger partial charge is 0.243 e. The predicted molar refractivity (Wildman–Crippen MR) is 73.0 cm³/mol. The van der Waals surface area contributed by atoms with Crippen molar-refractivity contribution in [2.45, 2.75) is 31.6 Å². The Balaban J connectivity index is 2.51. The highest BCUT2D eigenvalue weighted by Gasteiger charge is 2.43. The van der Waals surface area contributed by atoms with Crippen LogP contribution >= 0.6 is 0 Å². The second kappa shape index (κ2) is 4.99. The maximum atomic E-state index is 11.6. The molecule has 2 rings (SSSR count). The average Bonchev–Trinajstić information content (AvgIpc) is 2.43. The molecular formula is C15H16N2O3. The number of aliphatic hydroxyl groups is 1. The van der Waals surface area contributed by atoms with Gasteiger partial charge in [0.1, 0.15) is 17.5 Å². The van der Waals surface area contributed by atoms with Crippen LogP contribution in [0.25, 0.3) is 0 Å². The molecule has 0 bridgehead atoms. The summed E-state index contributed by atoms with van der Waals surface area (Å²) in [5.74, 6) is 0.161. The second-order valence-electron chi connectivity index (χ2n) is 5.21. The summed E-state index contributed by atoms with van der Waals surface area (Å²) in [6.45, 7) is 6.88. The van der Waals surface area contributed by atoms with Crippen molar-refractivity contribution < 1.29 is 14.6 Å². The van der Waals surface area contributed by atoms with Gasteiger partial charge in [-0.2, -0.15) is 5.26 Å². The summed E-state index contributed by atoms with van der Waals surface area (Å²) >= 11 is 0. The van der Waals surface area contributed by atoms with Gasteiger partial charge in [0.05, 0.1) is 17.7 Å². The van der Waals surface area contributed by atoms with E-state index in [2.05, 4.69) is 11.9 Å². The van der Waals surface area contributed by atoms with Gasteiger partial charge < -0.3 is 15.2 Å². The molecule has 0 aromatic heterocycles. The Morgan fingerprint density at radius 1 is 1.60 bits per heavy atom. The Kier molecular flexibility index (Phi) is 3.51. The zero-order valence-corrected chi connectivity index (χ0v) is 11.4. The van der Waals surface area contributed by atoms with E-state index in [1.165, 1.54) is 0 Å². The van der Waals surface area contributed by atoms with E-state index in [-0.39, 0.29) is 5.91 Å². The van der Waals surface area contributed by atoms with E-state index >= 15 is 0 Å². The summed E-state index contributed by atoms with van der Waals surface area (Å²) in [6.07, 6.45) is 0.205. The van der Waals surface area contributed by atoms with E-state index in [9.17, 15) is 9.90 Å². The lowest BCUT2D eigenvalue weighted by Crippen LogP contribution is -2.53. The van der Waals surface area contributed by atoms with Crippen LogP contribution in [0.15, 0.2) is 30.9 Å². The monoisotopic (exact) mass is 272 g/mol. The van der Waals surface area contributed by atoms with Gasteiger partial charge in [0.25, 0.3) is 0 Å². The largest absolute Gasteiger partial charge is 0.485 e. The molecule has 0 spiro atoms. The number of carbonyl (C=O) groups is 1. The molecule has 1 aliphatic heterocycles. The number of amides is 1. The third-order valence-corrected chi connectivity index (χ3v) is 3.36. The van der Waals surface area contributed by atoms with Crippen molar-refractivity contribution in [1.29, 1.82) is 5.26 Å². The van der Waals surface area contributed by atoms with Gasteiger partial charge in [-0.3, -0.25) is 4.79 Å². The zero-order chi connectivity index (χ0) is 14.9. The highest BCUT2D eigenvalue weighted by molar-refractivity contribution is 5.87. The average molecular weight is 272 g/mol. The van der Waals surface area contributed by atoms with Crippen LogP contribution in [0.5, 0.6) is 5.75 Å². The van der Waals surface area contributed by atoms with E-state index in [1.54, 1.807) is 32.0 Å². The van der Waals surface area contributed by atoms with Crippen LogP contribution in [-0.4, -0.2) is 22.7 Å². The number of rotatable bonds is 2. The fraction of sp³-hybridized carbons (Fsp3) is 0.333. The van der Waals surface area contributed by atoms with Crippen LogP contribution in [0.2, 0.25) is 0 Å². The van der Waals surface area contributed by atoms with Crippen molar-refractivity contribution >= 4 is 5.91 Å². The molecule has 0 saturated carbocycles. The highest BCUT2D eigenvalue weighted by Crippen LogP contribution is 2.40. The number of benzene rings is 1. The molecule has 1 aliphatic rings. The van der Waals surface area contributed by atoms with Crippen molar-refractivity contribution in [3.8, 4) is 11.8 Å². The number of fused-ring (bicyclic) bond motifs is 1. The molecule has 1 heterocycles. The van der Waals surface area contributed by atoms with Crippen molar-refractivity contribution in [3.63, 3.8) is 0 Å². The summed E-state index contributed by atoms with van der Waals surface area (Å²) in [6, 6.07) is 6.31. The summed E-state index contributed by atoms with van der Waals surface area (Å²) < 4.78 is 5.74. The SMILES string of the molecule is C=CC(=O)N[C@H]1c2cc(C#N)ccc2OC(C)(C)[C@@H]1O. The molecule has 5 heteroatoms. The third kappa shape index (κ3) is 2.38. The van der Waals surface area contributed by atoms with E-state index in [0.29, 0.717) is 16.9 Å². The molecule has 2 N–H and O–H groups in total. The standard InChI is InChI=1S/C15H16N2O3/c1-4-12(18)17-13-10-7-9(8-16)5-6-11(10)20-15(2,3)14(13)19/h4-7,13-14,19H,1H2,2-3H3,(H,17,18)/t13-,14+/m0/s1. The molecule has 0 fully saturated rings. The normalized spacial score (nSPS) is 22.9. The Morgan fingerprint density at radius 2 is 2.30 bits per heavy atom. The predicted octanol–water partition coefficient (Wildman–Crippen LogP) is 1.43. The van der Waals surface area contributed by atoms with Gasteiger partial charge in [-0.25, -0.2) is 0 Å². The van der Waals surface area contributed by atoms with Crippen molar-refractivity contribution in [1.82, 2.24) is 5.32 Å². The number of nitriles is 1. The molecule has 1 aromatic rings. The van der Waals surface area contributed by atoms with E-state index in [1.807, 2.05) is 6.07 Å². The molecular weight excluding hydrogens is 256 g/mol. The summed E-state index contributed by atoms with van der Waals surface area (Å²) in [4.78, 5) is 11.6. The van der Waals surface area contributed by atoms with Crippen LogP contribution < -0.4 is 10.1 Å². The maximum Gasteiger partial charge on any atom is 0.243 e. The van der Waals surface area contributed by atoms with Gasteiger partial charge in [0, 0.05) is 5.56 Å². The number of carbonyl (C=O) groups excluding carboxylic acids is 1. The van der Waals surface area contributed by atoms with Crippen LogP contribution in [0.3, 0.4) is 0 Å². The topological polar surface area (TPSA) is 82.4 Å². The first-order valence-electron chi connectivity index (χ1n) is 6.23. The summed E-state index contributed by atoms with van der Waals surface area (Å²) in [5.41, 5.74) is 0.184. The lowest BCUT2D eigenvalue weighted by Gasteiger charge is -2.42. The second-order valence-corrected chi connectivity index (χ2v) is 5.21. The van der Waals surface area contributed by atoms with E-state index in [4.69, 9.17) is 10.00 Å². The highest BCUT2D eigenvalue weighted by atomic mass is 16.5. The number of nitrogens with one attached hydrogen (secondary N) is 1. The van der Waals surface area contributed by atoms with Gasteiger partial charge in [-0.15, -0.1) is 0 Å². The Bertz CT molecular complexity index is 602. The first-order chi connectivity index (χ1) is 9.39. The van der Waals surface area contributed by atoms with Crippen molar-refractivity contribution in [2.24, 2.45) is 0 Å². The van der Waals surface area contributed by atoms with Gasteiger partial charge >= 0.3 is 0 Å². The lowest BCUT2D eigenvalue weighted by molar-refractivity contribution is -0.121. The first-order valence-corrected chi connectivity index (χ1v) is 6.23. The van der Waals surface area contributed by atoms with E-state index < -0.39 is 17.7 Å². The molecule has 0 radical (unpaired) electrons. The fourth-order valence-corrected chi connectivity index (χ4v) is 2.24.